The van der Waals surface area contributed by atoms with Gasteiger partial charge in [0.05, 0.1) is 10.4 Å². The van der Waals surface area contributed by atoms with Crippen molar-refractivity contribution in [3.8, 4) is 0 Å². The van der Waals surface area contributed by atoms with Crippen molar-refractivity contribution in [1.29, 1.82) is 0 Å². The predicted octanol–water partition coefficient (Wildman–Crippen LogP) is 3.02. The van der Waals surface area contributed by atoms with Crippen LogP contribution in [0.3, 0.4) is 0 Å². The molecule has 72 valence electrons. The van der Waals surface area contributed by atoms with Gasteiger partial charge in [-0.25, -0.2) is 0 Å². The average molecular weight is 223 g/mol. The van der Waals surface area contributed by atoms with Gasteiger partial charge < -0.3 is 5.73 Å². The summed E-state index contributed by atoms with van der Waals surface area (Å²) in [5.74, 6) is 0. The highest BCUT2D eigenvalue weighted by Crippen LogP contribution is 2.36. The van der Waals surface area contributed by atoms with E-state index in [2.05, 4.69) is 0 Å². The van der Waals surface area contributed by atoms with Crippen LogP contribution in [0.5, 0.6) is 0 Å². The van der Waals surface area contributed by atoms with Gasteiger partial charge in [-0.15, -0.1) is 23.1 Å². The van der Waals surface area contributed by atoms with Crippen LogP contribution >= 0.6 is 23.1 Å². The standard InChI is InChI=1S/C10H9NOS2/c1-13-9-7(5-12)4-6-2-3-14-10(6)8(9)11/h2-5H,11H2,1H3. The second kappa shape index (κ2) is 3.63. The third-order valence-corrected chi connectivity index (χ3v) is 3.92. The maximum atomic E-state index is 10.8. The molecule has 1 heterocycles. The summed E-state index contributed by atoms with van der Waals surface area (Å²) in [4.78, 5) is 11.7. The van der Waals surface area contributed by atoms with Gasteiger partial charge in [-0.2, -0.15) is 0 Å². The van der Waals surface area contributed by atoms with Crippen LogP contribution in [0.4, 0.5) is 5.69 Å². The predicted molar refractivity (Wildman–Crippen MR) is 63.4 cm³/mol. The molecule has 0 aliphatic heterocycles. The Hall–Kier alpha value is -1.00. The van der Waals surface area contributed by atoms with Crippen molar-refractivity contribution in [2.24, 2.45) is 0 Å². The van der Waals surface area contributed by atoms with E-state index in [1.807, 2.05) is 23.8 Å². The van der Waals surface area contributed by atoms with Crippen LogP contribution in [0.2, 0.25) is 0 Å². The Kier molecular flexibility index (Phi) is 2.48. The quantitative estimate of drug-likeness (QED) is 0.483. The maximum absolute atomic E-state index is 10.8. The maximum Gasteiger partial charge on any atom is 0.151 e. The minimum absolute atomic E-state index is 0.681. The molecule has 2 aromatic rings. The normalized spacial score (nSPS) is 10.6. The molecule has 0 fully saturated rings. The first-order valence-corrected chi connectivity index (χ1v) is 6.17. The van der Waals surface area contributed by atoms with Gasteiger partial charge in [0.15, 0.2) is 6.29 Å². The lowest BCUT2D eigenvalue weighted by atomic mass is 10.1. The van der Waals surface area contributed by atoms with E-state index < -0.39 is 0 Å². The Morgan fingerprint density at radius 3 is 3.00 bits per heavy atom. The van der Waals surface area contributed by atoms with E-state index in [1.54, 1.807) is 11.3 Å². The monoisotopic (exact) mass is 223 g/mol. The van der Waals surface area contributed by atoms with Crippen molar-refractivity contribution in [2.45, 2.75) is 4.90 Å². The van der Waals surface area contributed by atoms with Gasteiger partial charge in [-0.1, -0.05) is 0 Å². The molecule has 14 heavy (non-hydrogen) atoms. The minimum Gasteiger partial charge on any atom is -0.397 e. The van der Waals surface area contributed by atoms with Crippen LogP contribution in [0.25, 0.3) is 10.1 Å². The van der Waals surface area contributed by atoms with Crippen LogP contribution in [-0.2, 0) is 0 Å². The number of nitrogen functional groups attached to an aromatic ring is 1. The summed E-state index contributed by atoms with van der Waals surface area (Å²) in [7, 11) is 0. The van der Waals surface area contributed by atoms with Crippen molar-refractivity contribution in [1.82, 2.24) is 0 Å². The molecular formula is C10H9NOS2. The second-order valence-electron chi connectivity index (χ2n) is 2.87. The molecule has 0 bridgehead atoms. The van der Waals surface area contributed by atoms with Crippen molar-refractivity contribution < 1.29 is 4.79 Å². The molecule has 1 aromatic carbocycles. The first kappa shape index (κ1) is 9.55. The fraction of sp³-hybridized carbons (Fsp3) is 0.100. The molecule has 2 nitrogen and oxygen atoms in total. The van der Waals surface area contributed by atoms with Gasteiger partial charge in [-0.3, -0.25) is 4.79 Å². The lowest BCUT2D eigenvalue weighted by Crippen LogP contribution is -1.93. The lowest BCUT2D eigenvalue weighted by molar-refractivity contribution is 0.112. The number of benzene rings is 1. The second-order valence-corrected chi connectivity index (χ2v) is 4.60. The Morgan fingerprint density at radius 1 is 1.57 bits per heavy atom. The molecule has 0 aliphatic carbocycles. The van der Waals surface area contributed by atoms with Crippen LogP contribution in [0.15, 0.2) is 22.4 Å². The molecule has 0 aliphatic rings. The summed E-state index contributed by atoms with van der Waals surface area (Å²) in [5.41, 5.74) is 7.39. The molecule has 2 rings (SSSR count). The molecule has 0 radical (unpaired) electrons. The van der Waals surface area contributed by atoms with E-state index in [4.69, 9.17) is 5.73 Å². The highest BCUT2D eigenvalue weighted by atomic mass is 32.2. The molecule has 0 spiro atoms. The summed E-state index contributed by atoms with van der Waals surface area (Å²) in [6.45, 7) is 0. The first-order valence-electron chi connectivity index (χ1n) is 4.06. The van der Waals surface area contributed by atoms with Gasteiger partial charge in [-0.05, 0) is 29.2 Å². The number of aldehydes is 1. The summed E-state index contributed by atoms with van der Waals surface area (Å²) in [6, 6.07) is 3.87. The van der Waals surface area contributed by atoms with Crippen LogP contribution < -0.4 is 5.73 Å². The van der Waals surface area contributed by atoms with E-state index in [1.165, 1.54) is 11.8 Å². The Labute approximate surface area is 90.1 Å². The summed E-state index contributed by atoms with van der Waals surface area (Å²) in [5, 5.41) is 3.03. The topological polar surface area (TPSA) is 43.1 Å². The largest absolute Gasteiger partial charge is 0.397 e. The van der Waals surface area contributed by atoms with Gasteiger partial charge in [0, 0.05) is 10.5 Å². The van der Waals surface area contributed by atoms with Crippen molar-refractivity contribution in [3.05, 3.63) is 23.1 Å². The highest BCUT2D eigenvalue weighted by Gasteiger charge is 2.10. The number of nitrogens with two attached hydrogens (primary N) is 1. The number of fused-ring (bicyclic) bond motifs is 1. The molecule has 0 atom stereocenters. The molecular weight excluding hydrogens is 214 g/mol. The number of carbonyl (C=O) groups is 1. The van der Waals surface area contributed by atoms with E-state index in [9.17, 15) is 4.79 Å². The van der Waals surface area contributed by atoms with Crippen molar-refractivity contribution in [2.75, 3.05) is 12.0 Å². The van der Waals surface area contributed by atoms with Crippen LogP contribution in [0, 0.1) is 0 Å². The summed E-state index contributed by atoms with van der Waals surface area (Å²) in [6.07, 6.45) is 2.79. The number of carbonyl (C=O) groups excluding carboxylic acids is 1. The molecule has 0 saturated heterocycles. The van der Waals surface area contributed by atoms with Crippen LogP contribution in [0.1, 0.15) is 10.4 Å². The summed E-state index contributed by atoms with van der Waals surface area (Å²) >= 11 is 3.12. The number of rotatable bonds is 2. The molecule has 0 saturated carbocycles. The van der Waals surface area contributed by atoms with E-state index in [0.29, 0.717) is 5.56 Å². The Morgan fingerprint density at radius 2 is 2.36 bits per heavy atom. The van der Waals surface area contributed by atoms with Crippen LogP contribution in [-0.4, -0.2) is 12.5 Å². The van der Waals surface area contributed by atoms with E-state index in [-0.39, 0.29) is 0 Å². The number of thioether (sulfide) groups is 1. The lowest BCUT2D eigenvalue weighted by Gasteiger charge is -2.06. The highest BCUT2D eigenvalue weighted by molar-refractivity contribution is 7.98. The zero-order valence-electron chi connectivity index (χ0n) is 7.61. The molecule has 4 heteroatoms. The number of hydrogen-bond acceptors (Lipinski definition) is 4. The molecule has 2 N–H and O–H groups in total. The van der Waals surface area contributed by atoms with Crippen molar-refractivity contribution >= 4 is 45.2 Å². The molecule has 1 aromatic heterocycles. The van der Waals surface area contributed by atoms with E-state index >= 15 is 0 Å². The smallest absolute Gasteiger partial charge is 0.151 e. The number of anilines is 1. The molecule has 0 amide bonds. The van der Waals surface area contributed by atoms with Crippen molar-refractivity contribution in [3.63, 3.8) is 0 Å². The van der Waals surface area contributed by atoms with Gasteiger partial charge in [0.25, 0.3) is 0 Å². The molecule has 0 unspecified atom stereocenters. The minimum atomic E-state index is 0.681. The van der Waals surface area contributed by atoms with E-state index in [0.717, 1.165) is 27.0 Å². The summed E-state index contributed by atoms with van der Waals surface area (Å²) < 4.78 is 1.07. The zero-order chi connectivity index (χ0) is 10.1. The fourth-order valence-corrected chi connectivity index (χ4v) is 3.03. The zero-order valence-corrected chi connectivity index (χ0v) is 9.24. The Bertz CT molecular complexity index is 490. The first-order chi connectivity index (χ1) is 6.77. The third kappa shape index (κ3) is 1.31. The number of hydrogen-bond donors (Lipinski definition) is 1. The Balaban J connectivity index is 2.85. The fourth-order valence-electron chi connectivity index (χ4n) is 1.46. The average Bonchev–Trinajstić information content (AvgIpc) is 2.65. The third-order valence-electron chi connectivity index (χ3n) is 2.09. The SMILES string of the molecule is CSc1c(C=O)cc2ccsc2c1N. The van der Waals surface area contributed by atoms with Gasteiger partial charge in [0.1, 0.15) is 0 Å². The van der Waals surface area contributed by atoms with Gasteiger partial charge in [0.2, 0.25) is 0 Å². The number of thiophene rings is 1. The van der Waals surface area contributed by atoms with Gasteiger partial charge >= 0.3 is 0 Å².